The third-order valence-corrected chi connectivity index (χ3v) is 2.68. The van der Waals surface area contributed by atoms with Crippen molar-refractivity contribution in [3.63, 3.8) is 0 Å². The number of anilines is 1. The van der Waals surface area contributed by atoms with Gasteiger partial charge in [0.1, 0.15) is 5.82 Å². The molecule has 0 aliphatic rings. The summed E-state index contributed by atoms with van der Waals surface area (Å²) in [6, 6.07) is 13.3. The molecular formula is C14H11N5O. The van der Waals surface area contributed by atoms with Crippen molar-refractivity contribution in [3.05, 3.63) is 64.8 Å². The molecule has 0 amide bonds. The molecule has 2 aromatic heterocycles. The van der Waals surface area contributed by atoms with E-state index in [0.29, 0.717) is 5.82 Å². The summed E-state index contributed by atoms with van der Waals surface area (Å²) >= 11 is 0. The molecule has 0 unspecified atom stereocenters. The molecule has 0 aliphatic carbocycles. The third kappa shape index (κ3) is 2.69. The van der Waals surface area contributed by atoms with Gasteiger partial charge in [-0.2, -0.15) is 5.10 Å². The summed E-state index contributed by atoms with van der Waals surface area (Å²) in [6.45, 7) is 0. The SMILES string of the molecule is O=c1nccc(N/N=C\c2ccc3ccccc3n2)[nH]1. The number of hydrazone groups is 1. The lowest BCUT2D eigenvalue weighted by atomic mass is 10.2. The first-order valence-corrected chi connectivity index (χ1v) is 6.01. The van der Waals surface area contributed by atoms with Crippen molar-refractivity contribution >= 4 is 22.9 Å². The van der Waals surface area contributed by atoms with E-state index in [1.807, 2.05) is 36.4 Å². The Kier molecular flexibility index (Phi) is 3.20. The molecule has 0 atom stereocenters. The van der Waals surface area contributed by atoms with Crippen molar-refractivity contribution in [2.75, 3.05) is 5.43 Å². The van der Waals surface area contributed by atoms with Crippen LogP contribution in [-0.4, -0.2) is 21.2 Å². The second kappa shape index (κ2) is 5.31. The van der Waals surface area contributed by atoms with Gasteiger partial charge in [-0.05, 0) is 18.2 Å². The minimum absolute atomic E-state index is 0.422. The number of para-hydroxylation sites is 1. The summed E-state index contributed by atoms with van der Waals surface area (Å²) in [6.07, 6.45) is 3.00. The van der Waals surface area contributed by atoms with E-state index in [-0.39, 0.29) is 0 Å². The Morgan fingerprint density at radius 1 is 1.15 bits per heavy atom. The maximum Gasteiger partial charge on any atom is 0.346 e. The summed E-state index contributed by atoms with van der Waals surface area (Å²) in [7, 11) is 0. The summed E-state index contributed by atoms with van der Waals surface area (Å²) in [4.78, 5) is 21.5. The van der Waals surface area contributed by atoms with E-state index >= 15 is 0 Å². The van der Waals surface area contributed by atoms with Crippen molar-refractivity contribution in [2.45, 2.75) is 0 Å². The van der Waals surface area contributed by atoms with Crippen LogP contribution in [-0.2, 0) is 0 Å². The fourth-order valence-corrected chi connectivity index (χ4v) is 1.76. The Bertz CT molecular complexity index is 825. The number of aromatic nitrogens is 3. The second-order valence-electron chi connectivity index (χ2n) is 4.09. The van der Waals surface area contributed by atoms with Gasteiger partial charge in [-0.15, -0.1) is 0 Å². The molecule has 0 fully saturated rings. The van der Waals surface area contributed by atoms with Gasteiger partial charge in [-0.25, -0.2) is 14.8 Å². The first-order valence-electron chi connectivity index (χ1n) is 6.01. The average molecular weight is 265 g/mol. The molecule has 0 saturated carbocycles. The molecule has 3 aromatic rings. The molecule has 2 heterocycles. The van der Waals surface area contributed by atoms with Crippen LogP contribution in [0.3, 0.4) is 0 Å². The molecule has 0 bridgehead atoms. The van der Waals surface area contributed by atoms with Gasteiger partial charge in [0.15, 0.2) is 0 Å². The van der Waals surface area contributed by atoms with Crippen molar-refractivity contribution in [2.24, 2.45) is 5.10 Å². The summed E-state index contributed by atoms with van der Waals surface area (Å²) in [5.74, 6) is 0.474. The summed E-state index contributed by atoms with van der Waals surface area (Å²) < 4.78 is 0. The van der Waals surface area contributed by atoms with E-state index in [1.165, 1.54) is 6.20 Å². The maximum atomic E-state index is 11.0. The lowest BCUT2D eigenvalue weighted by Gasteiger charge is -1.99. The van der Waals surface area contributed by atoms with Crippen LogP contribution in [0.5, 0.6) is 0 Å². The van der Waals surface area contributed by atoms with Crippen LogP contribution in [0.1, 0.15) is 5.69 Å². The van der Waals surface area contributed by atoms with E-state index in [9.17, 15) is 4.79 Å². The van der Waals surface area contributed by atoms with Gasteiger partial charge < -0.3 is 0 Å². The number of rotatable bonds is 3. The van der Waals surface area contributed by atoms with Gasteiger partial charge >= 0.3 is 5.69 Å². The molecule has 0 spiro atoms. The van der Waals surface area contributed by atoms with Crippen LogP contribution in [0.15, 0.2) is 58.6 Å². The molecule has 6 heteroatoms. The predicted octanol–water partition coefficient (Wildman–Crippen LogP) is 1.76. The molecule has 0 aliphatic heterocycles. The molecular weight excluding hydrogens is 254 g/mol. The fourth-order valence-electron chi connectivity index (χ4n) is 1.76. The standard InChI is InChI=1S/C14H11N5O/c20-14-15-8-7-13(18-14)19-16-9-11-6-5-10-3-1-2-4-12(10)17-11/h1-9H,(H2,15,18,19,20)/b16-9-. The number of pyridine rings is 1. The van der Waals surface area contributed by atoms with Gasteiger partial charge in [0, 0.05) is 11.6 Å². The van der Waals surface area contributed by atoms with Gasteiger partial charge in [-0.1, -0.05) is 24.3 Å². The third-order valence-electron chi connectivity index (χ3n) is 2.68. The Labute approximate surface area is 114 Å². The zero-order valence-corrected chi connectivity index (χ0v) is 10.4. The summed E-state index contributed by atoms with van der Waals surface area (Å²) in [5, 5.41) is 5.10. The molecule has 0 radical (unpaired) electrons. The monoisotopic (exact) mass is 265 g/mol. The molecule has 20 heavy (non-hydrogen) atoms. The van der Waals surface area contributed by atoms with Crippen LogP contribution >= 0.6 is 0 Å². The molecule has 6 nitrogen and oxygen atoms in total. The minimum atomic E-state index is -0.422. The normalized spacial score (nSPS) is 11.0. The predicted molar refractivity (Wildman–Crippen MR) is 77.8 cm³/mol. The van der Waals surface area contributed by atoms with E-state index in [2.05, 4.69) is 25.5 Å². The fraction of sp³-hybridized carbons (Fsp3) is 0. The zero-order chi connectivity index (χ0) is 13.8. The average Bonchev–Trinajstić information content (AvgIpc) is 2.47. The maximum absolute atomic E-state index is 11.0. The number of aromatic amines is 1. The molecule has 1 aromatic carbocycles. The zero-order valence-electron chi connectivity index (χ0n) is 10.4. The van der Waals surface area contributed by atoms with Gasteiger partial charge in [0.2, 0.25) is 0 Å². The Hall–Kier alpha value is -3.02. The van der Waals surface area contributed by atoms with E-state index in [4.69, 9.17) is 0 Å². The van der Waals surface area contributed by atoms with Crippen LogP contribution in [0, 0.1) is 0 Å². The Morgan fingerprint density at radius 2 is 2.05 bits per heavy atom. The Balaban J connectivity index is 1.78. The molecule has 98 valence electrons. The minimum Gasteiger partial charge on any atom is -0.291 e. The second-order valence-corrected chi connectivity index (χ2v) is 4.09. The largest absolute Gasteiger partial charge is 0.346 e. The number of hydrogen-bond donors (Lipinski definition) is 2. The smallest absolute Gasteiger partial charge is 0.291 e. The number of fused-ring (bicyclic) bond motifs is 1. The van der Waals surface area contributed by atoms with Crippen molar-refractivity contribution in [1.29, 1.82) is 0 Å². The molecule has 2 N–H and O–H groups in total. The highest BCUT2D eigenvalue weighted by Crippen LogP contribution is 2.10. The van der Waals surface area contributed by atoms with E-state index in [1.54, 1.807) is 12.3 Å². The topological polar surface area (TPSA) is 83.0 Å². The quantitative estimate of drug-likeness (QED) is 0.558. The highest BCUT2D eigenvalue weighted by molar-refractivity contribution is 5.85. The molecule has 3 rings (SSSR count). The lowest BCUT2D eigenvalue weighted by Crippen LogP contribution is -2.10. The molecule has 0 saturated heterocycles. The van der Waals surface area contributed by atoms with Gasteiger partial charge in [0.25, 0.3) is 0 Å². The highest BCUT2D eigenvalue weighted by Gasteiger charge is 1.95. The first-order chi connectivity index (χ1) is 9.81. The van der Waals surface area contributed by atoms with E-state index in [0.717, 1.165) is 16.6 Å². The van der Waals surface area contributed by atoms with E-state index < -0.39 is 5.69 Å². The number of hydrogen-bond acceptors (Lipinski definition) is 5. The Morgan fingerprint density at radius 3 is 2.95 bits per heavy atom. The van der Waals surface area contributed by atoms with Crippen LogP contribution in [0.2, 0.25) is 0 Å². The lowest BCUT2D eigenvalue weighted by molar-refractivity contribution is 1.06. The van der Waals surface area contributed by atoms with Crippen LogP contribution in [0.25, 0.3) is 10.9 Å². The van der Waals surface area contributed by atoms with Crippen molar-refractivity contribution < 1.29 is 0 Å². The first kappa shape index (κ1) is 12.0. The van der Waals surface area contributed by atoms with Gasteiger partial charge in [0.05, 0.1) is 17.4 Å². The number of nitrogens with one attached hydrogen (secondary N) is 2. The van der Waals surface area contributed by atoms with Crippen LogP contribution < -0.4 is 11.1 Å². The van der Waals surface area contributed by atoms with Crippen molar-refractivity contribution in [1.82, 2.24) is 15.0 Å². The highest BCUT2D eigenvalue weighted by atomic mass is 16.1. The van der Waals surface area contributed by atoms with Gasteiger partial charge in [-0.3, -0.25) is 10.4 Å². The number of H-pyrrole nitrogens is 1. The van der Waals surface area contributed by atoms with Crippen LogP contribution in [0.4, 0.5) is 5.82 Å². The van der Waals surface area contributed by atoms with Crippen molar-refractivity contribution in [3.8, 4) is 0 Å². The number of benzene rings is 1. The summed E-state index contributed by atoms with van der Waals surface area (Å²) in [5.41, 5.74) is 3.93. The number of nitrogens with zero attached hydrogens (tertiary/aromatic N) is 3.